The lowest BCUT2D eigenvalue weighted by Crippen LogP contribution is -2.40. The number of carbonyl (C=O) groups is 1. The van der Waals surface area contributed by atoms with Crippen molar-refractivity contribution in [3.8, 4) is 0 Å². The van der Waals surface area contributed by atoms with Crippen molar-refractivity contribution in [2.24, 2.45) is 5.92 Å². The first kappa shape index (κ1) is 13.4. The fraction of sp³-hybridized carbons (Fsp3) is 0.278. The van der Waals surface area contributed by atoms with Crippen LogP contribution < -0.4 is 0 Å². The Bertz CT molecular complexity index is 564. The summed E-state index contributed by atoms with van der Waals surface area (Å²) in [5, 5.41) is 0.168. The Kier molecular flexibility index (Phi) is 4.22. The molecule has 1 fully saturated rings. The van der Waals surface area contributed by atoms with E-state index in [1.165, 1.54) is 10.5 Å². The summed E-state index contributed by atoms with van der Waals surface area (Å²) in [5.41, 5.74) is 1.37. The van der Waals surface area contributed by atoms with Crippen molar-refractivity contribution in [1.29, 1.82) is 0 Å². The predicted molar refractivity (Wildman–Crippen MR) is 84.0 cm³/mol. The van der Waals surface area contributed by atoms with Crippen LogP contribution >= 0.6 is 11.8 Å². The highest BCUT2D eigenvalue weighted by Crippen LogP contribution is 2.40. The van der Waals surface area contributed by atoms with Crippen molar-refractivity contribution < 1.29 is 4.79 Å². The Morgan fingerprint density at radius 2 is 1.60 bits per heavy atom. The second kappa shape index (κ2) is 6.27. The first-order valence-electron chi connectivity index (χ1n) is 7.11. The van der Waals surface area contributed by atoms with Gasteiger partial charge < -0.3 is 0 Å². The third-order valence-corrected chi connectivity index (χ3v) is 5.31. The maximum Gasteiger partial charge on any atom is 0.146 e. The fourth-order valence-corrected chi connectivity index (χ4v) is 3.90. The van der Waals surface area contributed by atoms with Gasteiger partial charge >= 0.3 is 0 Å². The van der Waals surface area contributed by atoms with E-state index in [4.69, 9.17) is 0 Å². The van der Waals surface area contributed by atoms with Crippen LogP contribution in [0.15, 0.2) is 65.6 Å². The molecule has 2 heteroatoms. The number of thioether (sulfide) groups is 1. The lowest BCUT2D eigenvalue weighted by atomic mass is 9.79. The van der Waals surface area contributed by atoms with Gasteiger partial charge in [0.25, 0.3) is 0 Å². The van der Waals surface area contributed by atoms with E-state index in [-0.39, 0.29) is 5.25 Å². The smallest absolute Gasteiger partial charge is 0.146 e. The Morgan fingerprint density at radius 1 is 0.950 bits per heavy atom. The van der Waals surface area contributed by atoms with Gasteiger partial charge in [-0.2, -0.15) is 0 Å². The summed E-state index contributed by atoms with van der Waals surface area (Å²) >= 11 is 1.73. The maximum absolute atomic E-state index is 11.8. The van der Waals surface area contributed by atoms with Crippen LogP contribution in [-0.4, -0.2) is 11.0 Å². The molecule has 1 aliphatic rings. The number of rotatable bonds is 5. The Labute approximate surface area is 124 Å². The van der Waals surface area contributed by atoms with E-state index >= 15 is 0 Å². The topological polar surface area (TPSA) is 17.1 Å². The van der Waals surface area contributed by atoms with E-state index in [1.54, 1.807) is 11.8 Å². The van der Waals surface area contributed by atoms with Gasteiger partial charge in [0.1, 0.15) is 5.78 Å². The van der Waals surface area contributed by atoms with E-state index in [9.17, 15) is 4.79 Å². The van der Waals surface area contributed by atoms with Crippen molar-refractivity contribution in [3.63, 3.8) is 0 Å². The lowest BCUT2D eigenvalue weighted by molar-refractivity contribution is -0.126. The molecule has 2 aromatic carbocycles. The Morgan fingerprint density at radius 3 is 2.25 bits per heavy atom. The van der Waals surface area contributed by atoms with E-state index in [2.05, 4.69) is 36.4 Å². The molecule has 0 unspecified atom stereocenters. The van der Waals surface area contributed by atoms with Gasteiger partial charge in [-0.3, -0.25) is 4.79 Å². The summed E-state index contributed by atoms with van der Waals surface area (Å²) in [4.78, 5) is 13.0. The van der Waals surface area contributed by atoms with Gasteiger partial charge in [0.05, 0.1) is 5.25 Å². The highest BCUT2D eigenvalue weighted by molar-refractivity contribution is 8.00. The third-order valence-electron chi connectivity index (χ3n) is 3.86. The van der Waals surface area contributed by atoms with Crippen LogP contribution in [0.3, 0.4) is 0 Å². The first-order chi connectivity index (χ1) is 9.83. The van der Waals surface area contributed by atoms with Crippen LogP contribution in [0.25, 0.3) is 0 Å². The molecule has 0 aliphatic heterocycles. The standard InChI is InChI=1S/C18H18OS/c19-17-13-15(12-11-14-7-3-1-4-8-14)18(17)20-16-9-5-2-6-10-16/h1-10,15,18H,11-13H2/t15-,18+/m1/s1. The van der Waals surface area contributed by atoms with E-state index in [1.807, 2.05) is 24.3 Å². The maximum atomic E-state index is 11.8. The van der Waals surface area contributed by atoms with Crippen LogP contribution in [0.1, 0.15) is 18.4 Å². The summed E-state index contributed by atoms with van der Waals surface area (Å²) in [6.45, 7) is 0. The third kappa shape index (κ3) is 3.13. The molecule has 0 N–H and O–H groups in total. The predicted octanol–water partition coefficient (Wildman–Crippen LogP) is 4.37. The highest BCUT2D eigenvalue weighted by atomic mass is 32.2. The quantitative estimate of drug-likeness (QED) is 0.810. The molecule has 2 atom stereocenters. The second-order valence-corrected chi connectivity index (χ2v) is 6.52. The number of ketones is 1. The molecule has 0 radical (unpaired) electrons. The monoisotopic (exact) mass is 282 g/mol. The summed E-state index contributed by atoms with van der Waals surface area (Å²) in [6, 6.07) is 20.8. The van der Waals surface area contributed by atoms with Gasteiger partial charge in [-0.15, -0.1) is 11.8 Å². The van der Waals surface area contributed by atoms with Gasteiger partial charge in [-0.05, 0) is 36.5 Å². The zero-order chi connectivity index (χ0) is 13.8. The van der Waals surface area contributed by atoms with Crippen molar-refractivity contribution in [3.05, 3.63) is 66.2 Å². The van der Waals surface area contributed by atoms with Gasteiger partial charge in [0.2, 0.25) is 0 Å². The van der Waals surface area contributed by atoms with Gasteiger partial charge in [-0.25, -0.2) is 0 Å². The van der Waals surface area contributed by atoms with E-state index < -0.39 is 0 Å². The minimum absolute atomic E-state index is 0.168. The van der Waals surface area contributed by atoms with E-state index in [0.717, 1.165) is 19.3 Å². The molecule has 0 amide bonds. The zero-order valence-electron chi connectivity index (χ0n) is 11.4. The average Bonchev–Trinajstić information content (AvgIpc) is 2.51. The molecule has 0 bridgehead atoms. The minimum atomic E-state index is 0.168. The minimum Gasteiger partial charge on any atom is -0.298 e. The molecule has 0 saturated heterocycles. The molecule has 2 aromatic rings. The number of Topliss-reactive ketones (excluding diaryl/α,β-unsaturated/α-hetero) is 1. The van der Waals surface area contributed by atoms with Crippen molar-refractivity contribution in [2.45, 2.75) is 29.4 Å². The van der Waals surface area contributed by atoms with Crippen LogP contribution in [0, 0.1) is 5.92 Å². The zero-order valence-corrected chi connectivity index (χ0v) is 12.2. The number of benzene rings is 2. The summed E-state index contributed by atoms with van der Waals surface area (Å²) in [6.07, 6.45) is 2.95. The number of hydrogen-bond donors (Lipinski definition) is 0. The molecule has 102 valence electrons. The van der Waals surface area contributed by atoms with Crippen molar-refractivity contribution in [1.82, 2.24) is 0 Å². The molecular weight excluding hydrogens is 264 g/mol. The van der Waals surface area contributed by atoms with Gasteiger partial charge in [0, 0.05) is 11.3 Å². The summed E-state index contributed by atoms with van der Waals surface area (Å²) in [7, 11) is 0. The summed E-state index contributed by atoms with van der Waals surface area (Å²) < 4.78 is 0. The number of aryl methyl sites for hydroxylation is 1. The normalized spacial score (nSPS) is 21.5. The van der Waals surface area contributed by atoms with E-state index in [0.29, 0.717) is 11.7 Å². The molecule has 3 rings (SSSR count). The van der Waals surface area contributed by atoms with Crippen LogP contribution in [-0.2, 0) is 11.2 Å². The molecule has 1 nitrogen and oxygen atoms in total. The Balaban J connectivity index is 1.56. The van der Waals surface area contributed by atoms with Crippen molar-refractivity contribution in [2.75, 3.05) is 0 Å². The van der Waals surface area contributed by atoms with Gasteiger partial charge in [-0.1, -0.05) is 48.5 Å². The van der Waals surface area contributed by atoms with Crippen LogP contribution in [0.2, 0.25) is 0 Å². The molecule has 1 saturated carbocycles. The molecular formula is C18H18OS. The lowest BCUT2D eigenvalue weighted by Gasteiger charge is -2.34. The van der Waals surface area contributed by atoms with Crippen molar-refractivity contribution >= 4 is 17.5 Å². The molecule has 0 heterocycles. The average molecular weight is 282 g/mol. The Hall–Kier alpha value is -1.54. The van der Waals surface area contributed by atoms with Crippen LogP contribution in [0.4, 0.5) is 0 Å². The van der Waals surface area contributed by atoms with Crippen LogP contribution in [0.5, 0.6) is 0 Å². The number of carbonyl (C=O) groups excluding carboxylic acids is 1. The fourth-order valence-electron chi connectivity index (χ4n) is 2.64. The molecule has 20 heavy (non-hydrogen) atoms. The molecule has 1 aliphatic carbocycles. The molecule has 0 aromatic heterocycles. The second-order valence-electron chi connectivity index (χ2n) is 5.31. The van der Waals surface area contributed by atoms with Gasteiger partial charge in [0.15, 0.2) is 0 Å². The largest absolute Gasteiger partial charge is 0.298 e. The highest BCUT2D eigenvalue weighted by Gasteiger charge is 2.39. The SMILES string of the molecule is O=C1C[C@@H](CCc2ccccc2)[C@@H]1Sc1ccccc1. The first-order valence-corrected chi connectivity index (χ1v) is 7.99. The summed E-state index contributed by atoms with van der Waals surface area (Å²) in [5.74, 6) is 0.949. The molecule has 0 spiro atoms. The number of hydrogen-bond acceptors (Lipinski definition) is 2.